The molecule has 0 spiro atoms. The minimum atomic E-state index is -0.294. The molecule has 1 fully saturated rings. The van der Waals surface area contributed by atoms with Crippen LogP contribution in [0.5, 0.6) is 0 Å². The summed E-state index contributed by atoms with van der Waals surface area (Å²) in [6, 6.07) is 5.18. The fourth-order valence-corrected chi connectivity index (χ4v) is 2.10. The van der Waals surface area contributed by atoms with Crippen LogP contribution in [0.15, 0.2) is 18.2 Å². The van der Waals surface area contributed by atoms with Gasteiger partial charge in [-0.1, -0.05) is 35.4 Å². The van der Waals surface area contributed by atoms with Gasteiger partial charge in [0.1, 0.15) is 0 Å². The number of hydrogen-bond acceptors (Lipinski definition) is 3. The van der Waals surface area contributed by atoms with Gasteiger partial charge >= 0.3 is 0 Å². The van der Waals surface area contributed by atoms with Crippen LogP contribution in [0.3, 0.4) is 0 Å². The van der Waals surface area contributed by atoms with Crippen LogP contribution in [0.4, 0.5) is 5.69 Å². The minimum absolute atomic E-state index is 0.00794. The summed E-state index contributed by atoms with van der Waals surface area (Å²) in [7, 11) is 0. The molecule has 3 nitrogen and oxygen atoms in total. The number of thiocarbonyl (C=S) groups is 1. The maximum atomic E-state index is 7.50. The number of nitrogens with zero attached hydrogens (tertiary/aromatic N) is 1. The molecule has 1 atom stereocenters. The van der Waals surface area contributed by atoms with Crippen LogP contribution in [0.25, 0.3) is 0 Å². The monoisotopic (exact) mass is 274 g/mol. The maximum Gasteiger partial charge on any atom is 0.244 e. The first kappa shape index (κ1) is 11.6. The van der Waals surface area contributed by atoms with Gasteiger partial charge in [-0.25, -0.2) is 0 Å². The Bertz CT molecular complexity index is 478. The van der Waals surface area contributed by atoms with Crippen LogP contribution in [0.2, 0.25) is 10.0 Å². The smallest absolute Gasteiger partial charge is 0.244 e. The van der Waals surface area contributed by atoms with Gasteiger partial charge in [-0.2, -0.15) is 0 Å². The molecule has 1 aliphatic heterocycles. The molecule has 0 amide bonds. The van der Waals surface area contributed by atoms with Crippen molar-refractivity contribution in [2.24, 2.45) is 0 Å². The van der Waals surface area contributed by atoms with Crippen LogP contribution < -0.4 is 4.90 Å². The van der Waals surface area contributed by atoms with Crippen molar-refractivity contribution in [1.29, 1.82) is 5.41 Å². The summed E-state index contributed by atoms with van der Waals surface area (Å²) in [6.45, 7) is 1.82. The highest BCUT2D eigenvalue weighted by atomic mass is 35.5. The highest BCUT2D eigenvalue weighted by Crippen LogP contribution is 2.30. The molecule has 1 aliphatic rings. The SMILES string of the molecule is CC1OC(=N)C(=S)N1c1ccc(Cl)c(Cl)c1. The Morgan fingerprint density at radius 3 is 2.56 bits per heavy atom. The number of ether oxygens (including phenoxy) is 1. The van der Waals surface area contributed by atoms with Crippen LogP contribution in [-0.2, 0) is 4.74 Å². The average Bonchev–Trinajstić information content (AvgIpc) is 2.47. The largest absolute Gasteiger partial charge is 0.452 e. The Labute approximate surface area is 108 Å². The standard InChI is InChI=1S/C10H8Cl2N2OS/c1-5-14(10(16)9(13)15-5)6-2-3-7(11)8(12)4-6/h2-5,13H,1H3. The Hall–Kier alpha value is -0.840. The van der Waals surface area contributed by atoms with E-state index in [0.717, 1.165) is 5.69 Å². The molecule has 0 bridgehead atoms. The molecule has 1 N–H and O–H groups in total. The number of rotatable bonds is 1. The zero-order valence-electron chi connectivity index (χ0n) is 8.33. The summed E-state index contributed by atoms with van der Waals surface area (Å²) in [5.41, 5.74) is 0.772. The van der Waals surface area contributed by atoms with Gasteiger partial charge in [0.2, 0.25) is 5.90 Å². The molecular weight excluding hydrogens is 267 g/mol. The van der Waals surface area contributed by atoms with Crippen molar-refractivity contribution in [3.05, 3.63) is 28.2 Å². The van der Waals surface area contributed by atoms with Gasteiger partial charge in [0.25, 0.3) is 0 Å². The predicted molar refractivity (Wildman–Crippen MR) is 69.8 cm³/mol. The van der Waals surface area contributed by atoms with E-state index < -0.39 is 0 Å². The van der Waals surface area contributed by atoms with E-state index in [1.54, 1.807) is 23.1 Å². The molecule has 1 unspecified atom stereocenters. The normalized spacial score (nSPS) is 20.2. The van der Waals surface area contributed by atoms with Crippen molar-refractivity contribution in [1.82, 2.24) is 0 Å². The first-order valence-corrected chi connectivity index (χ1v) is 5.71. The van der Waals surface area contributed by atoms with Crippen LogP contribution in [0, 0.1) is 5.41 Å². The molecule has 1 saturated heterocycles. The third kappa shape index (κ3) is 1.88. The summed E-state index contributed by atoms with van der Waals surface area (Å²) in [6.07, 6.45) is -0.294. The van der Waals surface area contributed by atoms with E-state index >= 15 is 0 Å². The second-order valence-electron chi connectivity index (χ2n) is 3.32. The topological polar surface area (TPSA) is 36.3 Å². The van der Waals surface area contributed by atoms with Crippen LogP contribution in [-0.4, -0.2) is 17.1 Å². The van der Waals surface area contributed by atoms with Crippen molar-refractivity contribution >= 4 is 52.0 Å². The molecule has 2 rings (SSSR count). The molecule has 84 valence electrons. The molecule has 0 aliphatic carbocycles. The first-order valence-electron chi connectivity index (χ1n) is 4.54. The molecule has 16 heavy (non-hydrogen) atoms. The Kier molecular flexibility index (Phi) is 3.06. The van der Waals surface area contributed by atoms with E-state index in [9.17, 15) is 0 Å². The molecule has 1 heterocycles. The molecule has 0 radical (unpaired) electrons. The van der Waals surface area contributed by atoms with Crippen molar-refractivity contribution in [3.8, 4) is 0 Å². The van der Waals surface area contributed by atoms with Gasteiger partial charge in [-0.3, -0.25) is 10.3 Å². The van der Waals surface area contributed by atoms with E-state index in [2.05, 4.69) is 0 Å². The summed E-state index contributed by atoms with van der Waals surface area (Å²) >= 11 is 16.9. The number of anilines is 1. The highest BCUT2D eigenvalue weighted by molar-refractivity contribution is 7.82. The van der Waals surface area contributed by atoms with E-state index in [1.165, 1.54) is 0 Å². The maximum absolute atomic E-state index is 7.50. The lowest BCUT2D eigenvalue weighted by Gasteiger charge is -2.20. The summed E-state index contributed by atoms with van der Waals surface area (Å²) in [4.78, 5) is 2.07. The Balaban J connectivity index is 2.41. The third-order valence-corrected chi connectivity index (χ3v) is 3.37. The molecule has 0 aromatic heterocycles. The zero-order chi connectivity index (χ0) is 11.9. The fraction of sp³-hybridized carbons (Fsp3) is 0.200. The molecular formula is C10H8Cl2N2OS. The lowest BCUT2D eigenvalue weighted by molar-refractivity contribution is 0.240. The Morgan fingerprint density at radius 2 is 2.06 bits per heavy atom. The van der Waals surface area contributed by atoms with E-state index in [0.29, 0.717) is 15.0 Å². The van der Waals surface area contributed by atoms with E-state index in [-0.39, 0.29) is 12.1 Å². The molecule has 0 saturated carbocycles. The fourth-order valence-electron chi connectivity index (χ4n) is 1.51. The lowest BCUT2D eigenvalue weighted by atomic mass is 10.3. The lowest BCUT2D eigenvalue weighted by Crippen LogP contribution is -2.30. The summed E-state index contributed by atoms with van der Waals surface area (Å²) < 4.78 is 5.20. The predicted octanol–water partition coefficient (Wildman–Crippen LogP) is 3.48. The quantitative estimate of drug-likeness (QED) is 0.797. The van der Waals surface area contributed by atoms with Gasteiger partial charge < -0.3 is 4.74 Å². The van der Waals surface area contributed by atoms with Gasteiger partial charge in [0.15, 0.2) is 11.2 Å². The highest BCUT2D eigenvalue weighted by Gasteiger charge is 2.32. The van der Waals surface area contributed by atoms with Crippen LogP contribution in [0.1, 0.15) is 6.92 Å². The van der Waals surface area contributed by atoms with Gasteiger partial charge in [0.05, 0.1) is 10.0 Å². The third-order valence-electron chi connectivity index (χ3n) is 2.25. The van der Waals surface area contributed by atoms with Crippen molar-refractivity contribution in [3.63, 3.8) is 0 Å². The summed E-state index contributed by atoms with van der Waals surface area (Å²) in [5, 5.41) is 8.43. The summed E-state index contributed by atoms with van der Waals surface area (Å²) in [5.74, 6) is 0.00794. The second kappa shape index (κ2) is 4.20. The van der Waals surface area contributed by atoms with Crippen LogP contribution >= 0.6 is 35.4 Å². The number of benzene rings is 1. The number of hydrogen-bond donors (Lipinski definition) is 1. The molecule has 6 heteroatoms. The van der Waals surface area contributed by atoms with Crippen molar-refractivity contribution in [2.75, 3.05) is 4.90 Å². The zero-order valence-corrected chi connectivity index (χ0v) is 10.7. The molecule has 1 aromatic carbocycles. The minimum Gasteiger partial charge on any atom is -0.452 e. The molecule has 1 aromatic rings. The van der Waals surface area contributed by atoms with Crippen molar-refractivity contribution < 1.29 is 4.74 Å². The van der Waals surface area contributed by atoms with E-state index in [1.807, 2.05) is 6.92 Å². The van der Waals surface area contributed by atoms with E-state index in [4.69, 9.17) is 45.6 Å². The average molecular weight is 275 g/mol. The Morgan fingerprint density at radius 1 is 1.38 bits per heavy atom. The van der Waals surface area contributed by atoms with Crippen molar-refractivity contribution in [2.45, 2.75) is 13.2 Å². The first-order chi connectivity index (χ1) is 7.50. The number of nitrogens with one attached hydrogen (secondary N) is 1. The van der Waals surface area contributed by atoms with Gasteiger partial charge in [0, 0.05) is 5.69 Å². The van der Waals surface area contributed by atoms with Gasteiger partial charge in [-0.15, -0.1) is 0 Å². The number of halogens is 2. The second-order valence-corrected chi connectivity index (χ2v) is 4.52. The van der Waals surface area contributed by atoms with Gasteiger partial charge in [-0.05, 0) is 25.1 Å².